The molecule has 8 heteroatoms. The van der Waals surface area contributed by atoms with Gasteiger partial charge >= 0.3 is 5.97 Å². The summed E-state index contributed by atoms with van der Waals surface area (Å²) in [7, 11) is 0. The van der Waals surface area contributed by atoms with Gasteiger partial charge in [0.25, 0.3) is 0 Å². The summed E-state index contributed by atoms with van der Waals surface area (Å²) in [5, 5.41) is 10.6. The summed E-state index contributed by atoms with van der Waals surface area (Å²) in [6.07, 6.45) is 0.0273. The largest absolute Gasteiger partial charge is 0.491 e. The monoisotopic (exact) mass is 566 g/mol. The molecule has 0 aromatic heterocycles. The highest BCUT2D eigenvalue weighted by Gasteiger charge is 2.31. The van der Waals surface area contributed by atoms with Crippen LogP contribution >= 0.6 is 11.6 Å². The minimum absolute atomic E-state index is 0.0123. The van der Waals surface area contributed by atoms with Gasteiger partial charge in [0.1, 0.15) is 41.2 Å². The van der Waals surface area contributed by atoms with Crippen molar-refractivity contribution in [3.8, 4) is 29.1 Å². The van der Waals surface area contributed by atoms with E-state index < -0.39 is 11.9 Å². The summed E-state index contributed by atoms with van der Waals surface area (Å²) < 4.78 is 23.0. The number of fused-ring (bicyclic) bond motifs is 1. The summed E-state index contributed by atoms with van der Waals surface area (Å²) in [6, 6.07) is 28.9. The van der Waals surface area contributed by atoms with Crippen LogP contribution in [0.4, 0.5) is 0 Å². The van der Waals surface area contributed by atoms with Crippen LogP contribution in [0, 0.1) is 11.3 Å². The number of hydrogen-bond donors (Lipinski definition) is 1. The lowest BCUT2D eigenvalue weighted by Crippen LogP contribution is -2.21. The molecule has 41 heavy (non-hydrogen) atoms. The van der Waals surface area contributed by atoms with Crippen LogP contribution in [0.5, 0.6) is 23.0 Å². The first-order valence-electron chi connectivity index (χ1n) is 13.0. The number of ether oxygens (including phenoxy) is 4. The predicted molar refractivity (Wildman–Crippen MR) is 155 cm³/mol. The number of nitriles is 1. The molecule has 1 atom stereocenters. The first-order chi connectivity index (χ1) is 19.8. The van der Waals surface area contributed by atoms with Gasteiger partial charge in [0, 0.05) is 16.7 Å². The van der Waals surface area contributed by atoms with E-state index in [2.05, 4.69) is 6.07 Å². The average Bonchev–Trinajstić information content (AvgIpc) is 2.96. The van der Waals surface area contributed by atoms with E-state index in [1.165, 1.54) is 0 Å². The molecular formula is C33H27ClN2O5. The number of hydrogen-bond acceptors (Lipinski definition) is 7. The van der Waals surface area contributed by atoms with E-state index in [0.29, 0.717) is 40.0 Å². The Morgan fingerprint density at radius 3 is 2.41 bits per heavy atom. The third-order valence-corrected chi connectivity index (χ3v) is 6.63. The molecule has 0 saturated carbocycles. The van der Waals surface area contributed by atoms with Gasteiger partial charge in [0.15, 0.2) is 0 Å². The van der Waals surface area contributed by atoms with Crippen LogP contribution < -0.4 is 24.7 Å². The summed E-state index contributed by atoms with van der Waals surface area (Å²) in [5.74, 6) is 0.938. The molecule has 4 aromatic rings. The molecule has 206 valence electrons. The number of carbonyl (C=O) groups excluding carboxylic acids is 1. The number of rotatable bonds is 8. The predicted octanol–water partition coefficient (Wildman–Crippen LogP) is 7.14. The van der Waals surface area contributed by atoms with Crippen molar-refractivity contribution < 1.29 is 23.7 Å². The van der Waals surface area contributed by atoms with Crippen LogP contribution in [0.15, 0.2) is 102 Å². The van der Waals surface area contributed by atoms with Gasteiger partial charge in [-0.2, -0.15) is 5.26 Å². The van der Waals surface area contributed by atoms with E-state index in [-0.39, 0.29) is 23.3 Å². The van der Waals surface area contributed by atoms with Crippen molar-refractivity contribution in [3.05, 3.63) is 130 Å². The Kier molecular flexibility index (Phi) is 8.14. The summed E-state index contributed by atoms with van der Waals surface area (Å²) in [5.41, 5.74) is 9.32. The van der Waals surface area contributed by atoms with Crippen molar-refractivity contribution in [1.29, 1.82) is 5.26 Å². The molecule has 0 radical (unpaired) electrons. The molecule has 1 unspecified atom stereocenters. The maximum Gasteiger partial charge on any atom is 0.343 e. The van der Waals surface area contributed by atoms with Crippen molar-refractivity contribution in [2.45, 2.75) is 32.5 Å². The second-order valence-corrected chi connectivity index (χ2v) is 10.1. The van der Waals surface area contributed by atoms with Gasteiger partial charge in [0.2, 0.25) is 5.88 Å². The Morgan fingerprint density at radius 1 is 0.976 bits per heavy atom. The smallest absolute Gasteiger partial charge is 0.343 e. The molecule has 7 nitrogen and oxygen atoms in total. The van der Waals surface area contributed by atoms with E-state index in [1.807, 2.05) is 62.4 Å². The minimum Gasteiger partial charge on any atom is -0.491 e. The summed E-state index contributed by atoms with van der Waals surface area (Å²) >= 11 is 5.98. The molecule has 0 fully saturated rings. The molecule has 2 N–H and O–H groups in total. The first kappa shape index (κ1) is 27.6. The van der Waals surface area contributed by atoms with Crippen molar-refractivity contribution in [1.82, 2.24) is 0 Å². The lowest BCUT2D eigenvalue weighted by atomic mass is 9.83. The standard InChI is InChI=1S/C33H27ClN2O5/c1-20(2)39-25-12-8-22(9-13-25)33(37)40-27-14-15-28-30(17-27)41-32(36)29(18-35)31(28)23-4-3-5-26(16-23)38-19-21-6-10-24(34)11-7-21/h3-17,20,31H,19,36H2,1-2H3. The highest BCUT2D eigenvalue weighted by Crippen LogP contribution is 2.44. The Hall–Kier alpha value is -4.93. The number of benzene rings is 4. The first-order valence-corrected chi connectivity index (χ1v) is 13.4. The quantitative estimate of drug-likeness (QED) is 0.178. The van der Waals surface area contributed by atoms with Crippen LogP contribution in [-0.4, -0.2) is 12.1 Å². The lowest BCUT2D eigenvalue weighted by molar-refractivity contribution is 0.0734. The highest BCUT2D eigenvalue weighted by molar-refractivity contribution is 6.30. The molecule has 0 bridgehead atoms. The van der Waals surface area contributed by atoms with Gasteiger partial charge in [-0.05, 0) is 79.6 Å². The number of allylic oxidation sites excluding steroid dienone is 1. The summed E-state index contributed by atoms with van der Waals surface area (Å²) in [4.78, 5) is 12.8. The minimum atomic E-state index is -0.528. The molecule has 0 saturated heterocycles. The van der Waals surface area contributed by atoms with E-state index in [9.17, 15) is 10.1 Å². The van der Waals surface area contributed by atoms with E-state index >= 15 is 0 Å². The Morgan fingerprint density at radius 2 is 1.71 bits per heavy atom. The number of nitrogens with two attached hydrogens (primary N) is 1. The third kappa shape index (κ3) is 6.46. The fourth-order valence-electron chi connectivity index (χ4n) is 4.48. The molecule has 0 spiro atoms. The molecular weight excluding hydrogens is 540 g/mol. The third-order valence-electron chi connectivity index (χ3n) is 6.37. The van der Waals surface area contributed by atoms with Gasteiger partial charge in [-0.15, -0.1) is 0 Å². The Labute approximate surface area is 243 Å². The Balaban J connectivity index is 1.37. The second kappa shape index (κ2) is 12.1. The second-order valence-electron chi connectivity index (χ2n) is 9.69. The molecule has 1 aliphatic rings. The van der Waals surface area contributed by atoms with Crippen molar-refractivity contribution in [3.63, 3.8) is 0 Å². The normalized spacial score (nSPS) is 14.1. The molecule has 1 heterocycles. The van der Waals surface area contributed by atoms with Gasteiger partial charge in [0.05, 0.1) is 17.6 Å². The van der Waals surface area contributed by atoms with Crippen LogP contribution in [0.3, 0.4) is 0 Å². The number of carbonyl (C=O) groups is 1. The molecule has 0 aliphatic carbocycles. The average molecular weight is 567 g/mol. The van der Waals surface area contributed by atoms with Crippen LogP contribution in [0.25, 0.3) is 0 Å². The van der Waals surface area contributed by atoms with E-state index in [0.717, 1.165) is 11.1 Å². The van der Waals surface area contributed by atoms with Crippen molar-refractivity contribution in [2.24, 2.45) is 5.73 Å². The highest BCUT2D eigenvalue weighted by atomic mass is 35.5. The molecule has 5 rings (SSSR count). The molecule has 0 amide bonds. The molecule has 4 aromatic carbocycles. The van der Waals surface area contributed by atoms with Crippen molar-refractivity contribution in [2.75, 3.05) is 0 Å². The van der Waals surface area contributed by atoms with Gasteiger partial charge in [-0.1, -0.05) is 41.9 Å². The van der Waals surface area contributed by atoms with E-state index in [4.69, 9.17) is 36.3 Å². The van der Waals surface area contributed by atoms with Gasteiger partial charge in [-0.3, -0.25) is 0 Å². The number of esters is 1. The topological polar surface area (TPSA) is 104 Å². The Bertz CT molecular complexity index is 1640. The maximum absolute atomic E-state index is 12.8. The van der Waals surface area contributed by atoms with Gasteiger partial charge < -0.3 is 24.7 Å². The lowest BCUT2D eigenvalue weighted by Gasteiger charge is -2.27. The SMILES string of the molecule is CC(C)Oc1ccc(C(=O)Oc2ccc3c(c2)OC(N)=C(C#N)C3c2cccc(OCc3ccc(Cl)cc3)c2)cc1. The van der Waals surface area contributed by atoms with Crippen LogP contribution in [0.2, 0.25) is 5.02 Å². The van der Waals surface area contributed by atoms with E-state index in [1.54, 1.807) is 42.5 Å². The maximum atomic E-state index is 12.8. The van der Waals surface area contributed by atoms with Crippen LogP contribution in [-0.2, 0) is 6.61 Å². The zero-order valence-electron chi connectivity index (χ0n) is 22.5. The fraction of sp³-hybridized carbons (Fsp3) is 0.152. The summed E-state index contributed by atoms with van der Waals surface area (Å²) in [6.45, 7) is 4.22. The molecule has 1 aliphatic heterocycles. The van der Waals surface area contributed by atoms with Crippen LogP contribution in [0.1, 0.15) is 46.8 Å². The van der Waals surface area contributed by atoms with Gasteiger partial charge in [-0.25, -0.2) is 4.79 Å². The fourth-order valence-corrected chi connectivity index (χ4v) is 4.61. The zero-order chi connectivity index (χ0) is 28.9. The zero-order valence-corrected chi connectivity index (χ0v) is 23.2. The number of nitrogens with zero attached hydrogens (tertiary/aromatic N) is 1. The van der Waals surface area contributed by atoms with Crippen molar-refractivity contribution >= 4 is 17.6 Å². The number of halogens is 1.